The van der Waals surface area contributed by atoms with Crippen LogP contribution in [0.3, 0.4) is 0 Å². The predicted octanol–water partition coefficient (Wildman–Crippen LogP) is 3.76. The van der Waals surface area contributed by atoms with E-state index in [1.54, 1.807) is 0 Å². The van der Waals surface area contributed by atoms with E-state index < -0.39 is 0 Å². The van der Waals surface area contributed by atoms with E-state index >= 15 is 0 Å². The Morgan fingerprint density at radius 3 is 2.71 bits per heavy atom. The number of carbonyl (C=O) groups is 1. The lowest BCUT2D eigenvalue weighted by atomic mass is 10.1. The molecule has 0 aromatic carbocycles. The van der Waals surface area contributed by atoms with E-state index in [-0.39, 0.29) is 11.4 Å². The summed E-state index contributed by atoms with van der Waals surface area (Å²) in [4.78, 5) is 11.5. The van der Waals surface area contributed by atoms with Gasteiger partial charge in [-0.25, -0.2) is 0 Å². The molecule has 0 bridgehead atoms. The molecule has 0 amide bonds. The van der Waals surface area contributed by atoms with E-state index in [0.29, 0.717) is 12.5 Å². The Morgan fingerprint density at radius 1 is 1.29 bits per heavy atom. The second kappa shape index (κ2) is 8.42. The maximum Gasteiger partial charge on any atom is 0.306 e. The average Bonchev–Trinajstić information content (AvgIpc) is 3.27. The topological polar surface area (TPSA) is 38.3 Å². The van der Waals surface area contributed by atoms with Crippen LogP contribution in [0.4, 0.5) is 0 Å². The summed E-state index contributed by atoms with van der Waals surface area (Å²) in [6.45, 7) is 3.37. The minimum Gasteiger partial charge on any atom is -0.469 e. The second-order valence-electron chi connectivity index (χ2n) is 6.80. The zero-order valence-electron chi connectivity index (χ0n) is 13.7. The van der Waals surface area contributed by atoms with Gasteiger partial charge in [-0.2, -0.15) is 11.8 Å². The molecule has 2 atom stereocenters. The van der Waals surface area contributed by atoms with Crippen LogP contribution in [-0.4, -0.2) is 36.7 Å². The van der Waals surface area contributed by atoms with Gasteiger partial charge in [-0.3, -0.25) is 4.79 Å². The van der Waals surface area contributed by atoms with Crippen molar-refractivity contribution in [3.8, 4) is 0 Å². The van der Waals surface area contributed by atoms with Crippen LogP contribution in [0.1, 0.15) is 64.7 Å². The molecule has 0 aliphatic heterocycles. The summed E-state index contributed by atoms with van der Waals surface area (Å²) >= 11 is 2.12. The molecule has 4 heteroatoms. The van der Waals surface area contributed by atoms with Gasteiger partial charge in [0.05, 0.1) is 13.5 Å². The first-order chi connectivity index (χ1) is 10.2. The Kier molecular flexibility index (Phi) is 6.87. The van der Waals surface area contributed by atoms with E-state index in [2.05, 4.69) is 24.0 Å². The van der Waals surface area contributed by atoms with Crippen molar-refractivity contribution in [1.29, 1.82) is 0 Å². The molecule has 2 saturated carbocycles. The zero-order chi connectivity index (χ0) is 15.1. The van der Waals surface area contributed by atoms with Gasteiger partial charge in [0.25, 0.3) is 0 Å². The fraction of sp³-hybridized carbons (Fsp3) is 0.941. The molecule has 122 valence electrons. The fourth-order valence-corrected chi connectivity index (χ4v) is 5.00. The Balaban J connectivity index is 1.82. The van der Waals surface area contributed by atoms with E-state index in [1.165, 1.54) is 58.5 Å². The van der Waals surface area contributed by atoms with Gasteiger partial charge in [-0.05, 0) is 49.8 Å². The van der Waals surface area contributed by atoms with Crippen LogP contribution in [-0.2, 0) is 9.53 Å². The molecular formula is C17H31NO2S. The zero-order valence-corrected chi connectivity index (χ0v) is 14.5. The van der Waals surface area contributed by atoms with Crippen LogP contribution in [0.5, 0.6) is 0 Å². The monoisotopic (exact) mass is 313 g/mol. The summed E-state index contributed by atoms with van der Waals surface area (Å²) in [6, 6.07) is 0.673. The summed E-state index contributed by atoms with van der Waals surface area (Å²) in [5.74, 6) is 1.10. The predicted molar refractivity (Wildman–Crippen MR) is 89.7 cm³/mol. The summed E-state index contributed by atoms with van der Waals surface area (Å²) in [7, 11) is 1.50. The number of hydrogen-bond donors (Lipinski definition) is 1. The largest absolute Gasteiger partial charge is 0.469 e. The van der Waals surface area contributed by atoms with Crippen LogP contribution in [0, 0.1) is 5.41 Å². The van der Waals surface area contributed by atoms with Gasteiger partial charge in [-0.1, -0.05) is 26.2 Å². The van der Waals surface area contributed by atoms with Gasteiger partial charge < -0.3 is 10.1 Å². The molecule has 0 aromatic rings. The minimum atomic E-state index is -0.0328. The van der Waals surface area contributed by atoms with Crippen molar-refractivity contribution >= 4 is 17.7 Å². The average molecular weight is 314 g/mol. The van der Waals surface area contributed by atoms with Gasteiger partial charge in [0.2, 0.25) is 0 Å². The molecule has 0 saturated heterocycles. The molecule has 21 heavy (non-hydrogen) atoms. The summed E-state index contributed by atoms with van der Waals surface area (Å²) in [6.07, 6.45) is 11.0. The van der Waals surface area contributed by atoms with E-state index in [9.17, 15) is 4.79 Å². The minimum absolute atomic E-state index is 0.0328. The van der Waals surface area contributed by atoms with Crippen LogP contribution in [0.15, 0.2) is 0 Å². The molecule has 2 unspecified atom stereocenters. The van der Waals surface area contributed by atoms with Crippen molar-refractivity contribution in [1.82, 2.24) is 5.32 Å². The van der Waals surface area contributed by atoms with Gasteiger partial charge in [0.15, 0.2) is 0 Å². The highest BCUT2D eigenvalue weighted by atomic mass is 32.2. The van der Waals surface area contributed by atoms with Crippen LogP contribution in [0.25, 0.3) is 0 Å². The highest BCUT2D eigenvalue weighted by molar-refractivity contribution is 8.00. The molecule has 1 N–H and O–H groups in total. The Labute approximate surface area is 134 Å². The molecule has 0 radical (unpaired) electrons. The first-order valence-electron chi connectivity index (χ1n) is 8.61. The standard InChI is InChI=1S/C17H31NO2S/c1-3-11-18-14-7-5-4-6-8-15(14)21-13-17(9-10-17)12-16(19)20-2/h14-15,18H,3-13H2,1-2H3. The fourth-order valence-electron chi connectivity index (χ4n) is 3.25. The highest BCUT2D eigenvalue weighted by Crippen LogP contribution is 2.52. The Morgan fingerprint density at radius 2 is 2.05 bits per heavy atom. The number of thioether (sulfide) groups is 1. The molecule has 2 aliphatic rings. The van der Waals surface area contributed by atoms with Crippen LogP contribution in [0.2, 0.25) is 0 Å². The van der Waals surface area contributed by atoms with Crippen molar-refractivity contribution in [3.63, 3.8) is 0 Å². The number of nitrogens with one attached hydrogen (secondary N) is 1. The quantitative estimate of drug-likeness (QED) is 0.547. The SMILES string of the molecule is CCCNC1CCCCCC1SCC1(CC(=O)OC)CC1. The summed E-state index contributed by atoms with van der Waals surface area (Å²) in [5.41, 5.74) is 0.263. The molecular weight excluding hydrogens is 282 g/mol. The molecule has 0 spiro atoms. The number of ether oxygens (including phenoxy) is 1. The molecule has 2 rings (SSSR count). The normalized spacial score (nSPS) is 27.9. The van der Waals surface area contributed by atoms with Crippen molar-refractivity contribution in [3.05, 3.63) is 0 Å². The maximum absolute atomic E-state index is 11.5. The third kappa shape index (κ3) is 5.48. The molecule has 0 aromatic heterocycles. The Bertz CT molecular complexity index is 331. The maximum atomic E-state index is 11.5. The van der Waals surface area contributed by atoms with Crippen molar-refractivity contribution in [2.75, 3.05) is 19.4 Å². The number of hydrogen-bond acceptors (Lipinski definition) is 4. The molecule has 0 heterocycles. The van der Waals surface area contributed by atoms with Crippen LogP contribution < -0.4 is 5.32 Å². The summed E-state index contributed by atoms with van der Waals surface area (Å²) < 4.78 is 4.85. The smallest absolute Gasteiger partial charge is 0.306 e. The van der Waals surface area contributed by atoms with Gasteiger partial charge >= 0.3 is 5.97 Å². The molecule has 2 aliphatic carbocycles. The first-order valence-corrected chi connectivity index (χ1v) is 9.66. The van der Waals surface area contributed by atoms with Crippen LogP contribution >= 0.6 is 11.8 Å². The lowest BCUT2D eigenvalue weighted by molar-refractivity contribution is -0.141. The number of esters is 1. The van der Waals surface area contributed by atoms with E-state index in [4.69, 9.17) is 4.74 Å². The van der Waals surface area contributed by atoms with Gasteiger partial charge in [0, 0.05) is 11.3 Å². The summed E-state index contributed by atoms with van der Waals surface area (Å²) in [5, 5.41) is 4.49. The van der Waals surface area contributed by atoms with Crippen molar-refractivity contribution in [2.24, 2.45) is 5.41 Å². The van der Waals surface area contributed by atoms with E-state index in [0.717, 1.165) is 17.5 Å². The molecule has 3 nitrogen and oxygen atoms in total. The third-order valence-electron chi connectivity index (χ3n) is 4.92. The second-order valence-corrected chi connectivity index (χ2v) is 8.03. The third-order valence-corrected chi connectivity index (χ3v) is 6.69. The Hall–Kier alpha value is -0.220. The molecule has 2 fully saturated rings. The van der Waals surface area contributed by atoms with Crippen molar-refractivity contribution < 1.29 is 9.53 Å². The van der Waals surface area contributed by atoms with Gasteiger partial charge in [0.1, 0.15) is 0 Å². The lowest BCUT2D eigenvalue weighted by Gasteiger charge is -2.27. The highest BCUT2D eigenvalue weighted by Gasteiger charge is 2.45. The van der Waals surface area contributed by atoms with Gasteiger partial charge in [-0.15, -0.1) is 0 Å². The first kappa shape index (κ1) is 17.1. The number of rotatable bonds is 8. The van der Waals surface area contributed by atoms with E-state index in [1.807, 2.05) is 0 Å². The lowest BCUT2D eigenvalue weighted by Crippen LogP contribution is -2.38. The van der Waals surface area contributed by atoms with Crippen molar-refractivity contribution in [2.45, 2.75) is 76.0 Å². The number of methoxy groups -OCH3 is 1. The number of carbonyl (C=O) groups excluding carboxylic acids is 1.